The number of hydrogen-bond donors (Lipinski definition) is 6. The molecule has 1 amide bonds. The Bertz CT molecular complexity index is 549. The molecule has 0 spiro atoms. The van der Waals surface area contributed by atoms with Crippen molar-refractivity contribution >= 4 is 18.4 Å². The van der Waals surface area contributed by atoms with Gasteiger partial charge in [-0.15, -0.1) is 0 Å². The molecule has 0 aliphatic rings. The van der Waals surface area contributed by atoms with Crippen LogP contribution in [-0.4, -0.2) is 94.1 Å². The molecule has 13 nitrogen and oxygen atoms in total. The summed E-state index contributed by atoms with van der Waals surface area (Å²) in [6.07, 6.45) is -4.38. The van der Waals surface area contributed by atoms with Crippen LogP contribution in [0.2, 0.25) is 0 Å². The van der Waals surface area contributed by atoms with E-state index in [9.17, 15) is 14.4 Å². The van der Waals surface area contributed by atoms with Gasteiger partial charge in [0.15, 0.2) is 0 Å². The molecule has 0 rings (SSSR count). The van der Waals surface area contributed by atoms with E-state index in [1.165, 1.54) is 0 Å². The van der Waals surface area contributed by atoms with Gasteiger partial charge in [0.1, 0.15) is 16.8 Å². The minimum absolute atomic E-state index is 0.00852. The van der Waals surface area contributed by atoms with Crippen LogP contribution in [0.3, 0.4) is 0 Å². The Labute approximate surface area is 201 Å². The van der Waals surface area contributed by atoms with Crippen molar-refractivity contribution in [1.82, 2.24) is 5.32 Å². The highest BCUT2D eigenvalue weighted by Gasteiger charge is 2.24. The lowest BCUT2D eigenvalue weighted by atomic mass is 10.2. The van der Waals surface area contributed by atoms with Crippen molar-refractivity contribution in [1.29, 1.82) is 0 Å². The predicted molar refractivity (Wildman–Crippen MR) is 123 cm³/mol. The molecule has 13 heteroatoms. The number of nitrogens with two attached hydrogens (primary N) is 1. The molecule has 0 saturated heterocycles. The zero-order valence-corrected chi connectivity index (χ0v) is 21.7. The summed E-state index contributed by atoms with van der Waals surface area (Å²) in [5.41, 5.74) is 2.93. The van der Waals surface area contributed by atoms with E-state index in [2.05, 4.69) is 10.1 Å². The quantitative estimate of drug-likeness (QED) is 0.178. The monoisotopic (exact) mass is 500 g/mol. The number of carbonyl (C=O) groups excluding carboxylic acids is 3. The van der Waals surface area contributed by atoms with Gasteiger partial charge in [-0.2, -0.15) is 0 Å². The summed E-state index contributed by atoms with van der Waals surface area (Å²) in [5.74, 6) is 0. The number of aliphatic hydroxyl groups is 4. The predicted octanol–water partition coefficient (Wildman–Crippen LogP) is 1.04. The Hall–Kier alpha value is -2.19. The molecule has 0 saturated carbocycles. The first-order valence-electron chi connectivity index (χ1n) is 10.5. The van der Waals surface area contributed by atoms with Crippen molar-refractivity contribution in [2.45, 2.75) is 91.3 Å². The summed E-state index contributed by atoms with van der Waals surface area (Å²) < 4.78 is 18.7. The Balaban J connectivity index is -0.000000461. The van der Waals surface area contributed by atoms with Crippen LogP contribution in [-0.2, 0) is 18.9 Å². The summed E-state index contributed by atoms with van der Waals surface area (Å²) >= 11 is 0. The van der Waals surface area contributed by atoms with Crippen LogP contribution in [0.25, 0.3) is 0 Å². The second-order valence-corrected chi connectivity index (χ2v) is 9.82. The minimum atomic E-state index is -1.06. The maximum absolute atomic E-state index is 11.0. The van der Waals surface area contributed by atoms with Crippen molar-refractivity contribution in [2.75, 3.05) is 26.3 Å². The van der Waals surface area contributed by atoms with Gasteiger partial charge in [0.2, 0.25) is 0 Å². The number of rotatable bonds is 5. The van der Waals surface area contributed by atoms with Crippen molar-refractivity contribution in [2.24, 2.45) is 5.73 Å². The highest BCUT2D eigenvalue weighted by molar-refractivity contribution is 5.77. The summed E-state index contributed by atoms with van der Waals surface area (Å²) in [6.45, 7) is 14.8. The molecule has 2 atom stereocenters. The average Bonchev–Trinajstić information content (AvgIpc) is 2.61. The fraction of sp³-hybridized carbons (Fsp3) is 0.857. The first-order chi connectivity index (χ1) is 15.2. The SMILES string of the molecule is CC(C)(C)OC(=O)NCC(O)CO.CC(C)(C)OC(=O)OC(=O)OC(C)(C)C.NCC(O)CO. The molecule has 0 aromatic carbocycles. The molecular weight excluding hydrogens is 456 g/mol. The van der Waals surface area contributed by atoms with E-state index in [1.807, 2.05) is 0 Å². The van der Waals surface area contributed by atoms with Gasteiger partial charge in [-0.25, -0.2) is 14.4 Å². The van der Waals surface area contributed by atoms with Gasteiger partial charge in [-0.05, 0) is 62.3 Å². The van der Waals surface area contributed by atoms with Gasteiger partial charge in [0.25, 0.3) is 0 Å². The summed E-state index contributed by atoms with van der Waals surface area (Å²) in [6, 6.07) is 0. The van der Waals surface area contributed by atoms with Gasteiger partial charge >= 0.3 is 18.4 Å². The Kier molecular flexibility index (Phi) is 18.5. The molecule has 7 N–H and O–H groups in total. The van der Waals surface area contributed by atoms with Crippen LogP contribution < -0.4 is 11.1 Å². The van der Waals surface area contributed by atoms with E-state index in [0.717, 1.165) is 0 Å². The maximum atomic E-state index is 11.0. The molecule has 0 aromatic rings. The molecule has 0 bridgehead atoms. The van der Waals surface area contributed by atoms with Crippen molar-refractivity contribution in [3.05, 3.63) is 0 Å². The van der Waals surface area contributed by atoms with E-state index < -0.39 is 47.4 Å². The highest BCUT2D eigenvalue weighted by atomic mass is 16.8. The summed E-state index contributed by atoms with van der Waals surface area (Å²) in [7, 11) is 0. The second-order valence-electron chi connectivity index (χ2n) is 9.82. The molecule has 2 unspecified atom stereocenters. The number of amides is 1. The van der Waals surface area contributed by atoms with E-state index in [1.54, 1.807) is 62.3 Å². The third-order valence-electron chi connectivity index (χ3n) is 2.52. The van der Waals surface area contributed by atoms with Crippen LogP contribution in [0.1, 0.15) is 62.3 Å². The Morgan fingerprint density at radius 3 is 1.32 bits per heavy atom. The van der Waals surface area contributed by atoms with Gasteiger partial charge in [-0.3, -0.25) is 0 Å². The van der Waals surface area contributed by atoms with Crippen LogP contribution in [0.5, 0.6) is 0 Å². The number of aliphatic hydroxyl groups excluding tert-OH is 4. The molecular formula is C21H44N2O11. The first-order valence-corrected chi connectivity index (χ1v) is 10.5. The lowest BCUT2D eigenvalue weighted by molar-refractivity contribution is -0.0294. The van der Waals surface area contributed by atoms with Crippen LogP contribution in [0, 0.1) is 0 Å². The van der Waals surface area contributed by atoms with Crippen molar-refractivity contribution in [3.63, 3.8) is 0 Å². The van der Waals surface area contributed by atoms with E-state index >= 15 is 0 Å². The average molecular weight is 501 g/mol. The Morgan fingerprint density at radius 1 is 0.735 bits per heavy atom. The third kappa shape index (κ3) is 32.0. The van der Waals surface area contributed by atoms with E-state index in [0.29, 0.717) is 0 Å². The molecule has 0 heterocycles. The molecule has 0 aliphatic carbocycles. The van der Waals surface area contributed by atoms with Gasteiger partial charge in [0.05, 0.1) is 25.4 Å². The van der Waals surface area contributed by atoms with Gasteiger partial charge in [0, 0.05) is 13.1 Å². The second kappa shape index (κ2) is 17.3. The lowest BCUT2D eigenvalue weighted by Gasteiger charge is -2.20. The van der Waals surface area contributed by atoms with Crippen molar-refractivity contribution < 1.29 is 53.8 Å². The zero-order valence-electron chi connectivity index (χ0n) is 21.7. The van der Waals surface area contributed by atoms with Gasteiger partial charge < -0.3 is 50.4 Å². The normalized spacial score (nSPS) is 13.0. The molecule has 34 heavy (non-hydrogen) atoms. The summed E-state index contributed by atoms with van der Waals surface area (Å²) in [4.78, 5) is 33.0. The third-order valence-corrected chi connectivity index (χ3v) is 2.52. The van der Waals surface area contributed by atoms with E-state index in [4.69, 9.17) is 40.4 Å². The fourth-order valence-electron chi connectivity index (χ4n) is 1.26. The number of alkyl carbamates (subject to hydrolysis) is 1. The smallest absolute Gasteiger partial charge is 0.444 e. The molecule has 0 aliphatic heterocycles. The molecule has 0 radical (unpaired) electrons. The van der Waals surface area contributed by atoms with Gasteiger partial charge in [-0.1, -0.05) is 0 Å². The first kappa shape index (κ1) is 36.4. The molecule has 0 fully saturated rings. The largest absolute Gasteiger partial charge is 0.519 e. The number of ether oxygens (including phenoxy) is 4. The number of nitrogens with one attached hydrogen (secondary N) is 1. The highest BCUT2D eigenvalue weighted by Crippen LogP contribution is 2.11. The Morgan fingerprint density at radius 2 is 1.09 bits per heavy atom. The molecule has 204 valence electrons. The standard InChI is InChI=1S/C10H18O5.C8H17NO4.C3H9NO2/c1-9(2,3)14-7(11)13-8(12)15-10(4,5)6;1-8(2,3)13-7(12)9-4-6(11)5-10;4-1-3(6)2-5/h1-6H3;6,10-11H,4-5H2,1-3H3,(H,9,12);3,5-6H,1-2,4H2. The summed E-state index contributed by atoms with van der Waals surface area (Å²) in [5, 5.41) is 35.9. The van der Waals surface area contributed by atoms with Crippen LogP contribution >= 0.6 is 0 Å². The fourth-order valence-corrected chi connectivity index (χ4v) is 1.26. The van der Waals surface area contributed by atoms with Crippen LogP contribution in [0.4, 0.5) is 14.4 Å². The van der Waals surface area contributed by atoms with Crippen LogP contribution in [0.15, 0.2) is 0 Å². The van der Waals surface area contributed by atoms with Crippen molar-refractivity contribution in [3.8, 4) is 0 Å². The topological polar surface area (TPSA) is 207 Å². The van der Waals surface area contributed by atoms with E-state index in [-0.39, 0.29) is 26.3 Å². The maximum Gasteiger partial charge on any atom is 0.519 e. The lowest BCUT2D eigenvalue weighted by Crippen LogP contribution is -2.37. The number of carbonyl (C=O) groups is 3. The molecule has 0 aromatic heterocycles. The minimum Gasteiger partial charge on any atom is -0.444 e. The number of hydrogen-bond acceptors (Lipinski definition) is 12. The zero-order chi connectivity index (χ0) is 27.8.